The SMILES string of the molecule is CN1C2CCC1CC(CNC(=O)c1nn[nH]n1)C2. The third-order valence-corrected chi connectivity index (χ3v) is 4.30. The Morgan fingerprint density at radius 3 is 2.78 bits per heavy atom. The van der Waals surface area contributed by atoms with Crippen LogP contribution in [0.2, 0.25) is 0 Å². The number of amides is 1. The van der Waals surface area contributed by atoms with Gasteiger partial charge in [0.2, 0.25) is 0 Å². The molecule has 3 heterocycles. The van der Waals surface area contributed by atoms with E-state index in [1.54, 1.807) is 0 Å². The largest absolute Gasteiger partial charge is 0.349 e. The molecule has 0 aliphatic carbocycles. The second kappa shape index (κ2) is 4.64. The summed E-state index contributed by atoms with van der Waals surface area (Å²) >= 11 is 0. The predicted molar refractivity (Wildman–Crippen MR) is 63.8 cm³/mol. The summed E-state index contributed by atoms with van der Waals surface area (Å²) in [6.07, 6.45) is 4.96. The molecule has 2 fully saturated rings. The van der Waals surface area contributed by atoms with E-state index in [9.17, 15) is 4.79 Å². The third-order valence-electron chi connectivity index (χ3n) is 4.30. The van der Waals surface area contributed by atoms with Crippen molar-refractivity contribution in [3.05, 3.63) is 5.82 Å². The lowest BCUT2D eigenvalue weighted by Gasteiger charge is -2.36. The van der Waals surface area contributed by atoms with E-state index < -0.39 is 0 Å². The summed E-state index contributed by atoms with van der Waals surface area (Å²) in [5.74, 6) is 0.454. The lowest BCUT2D eigenvalue weighted by atomic mass is 9.91. The van der Waals surface area contributed by atoms with Crippen molar-refractivity contribution in [2.75, 3.05) is 13.6 Å². The summed E-state index contributed by atoms with van der Waals surface area (Å²) in [5, 5.41) is 15.9. The van der Waals surface area contributed by atoms with E-state index in [0.29, 0.717) is 24.5 Å². The molecule has 2 aliphatic rings. The number of nitrogens with zero attached hydrogens (tertiary/aromatic N) is 4. The fourth-order valence-corrected chi connectivity index (χ4v) is 3.26. The second-order valence-electron chi connectivity index (χ2n) is 5.33. The van der Waals surface area contributed by atoms with Crippen LogP contribution >= 0.6 is 0 Å². The summed E-state index contributed by atoms with van der Waals surface area (Å²) in [7, 11) is 2.22. The Balaban J connectivity index is 1.51. The van der Waals surface area contributed by atoms with Crippen LogP contribution in [0.1, 0.15) is 36.3 Å². The zero-order valence-corrected chi connectivity index (χ0v) is 10.5. The first-order chi connectivity index (χ1) is 8.74. The molecule has 2 bridgehead atoms. The number of piperidine rings is 1. The van der Waals surface area contributed by atoms with E-state index in [4.69, 9.17) is 0 Å². The molecule has 3 rings (SSSR count). The number of rotatable bonds is 3. The monoisotopic (exact) mass is 250 g/mol. The van der Waals surface area contributed by atoms with Crippen LogP contribution in [-0.4, -0.2) is 57.1 Å². The van der Waals surface area contributed by atoms with Gasteiger partial charge in [-0.3, -0.25) is 4.79 Å². The second-order valence-corrected chi connectivity index (χ2v) is 5.33. The van der Waals surface area contributed by atoms with Gasteiger partial charge in [-0.05, 0) is 43.9 Å². The van der Waals surface area contributed by atoms with Crippen LogP contribution in [0.4, 0.5) is 0 Å². The number of hydrogen-bond donors (Lipinski definition) is 2. The number of H-pyrrole nitrogens is 1. The van der Waals surface area contributed by atoms with Gasteiger partial charge in [-0.25, -0.2) is 0 Å². The van der Waals surface area contributed by atoms with E-state index in [1.807, 2.05) is 0 Å². The van der Waals surface area contributed by atoms with E-state index in [2.05, 4.69) is 37.9 Å². The zero-order chi connectivity index (χ0) is 12.5. The Labute approximate surface area is 105 Å². The Hall–Kier alpha value is -1.50. The molecule has 1 aromatic heterocycles. The molecule has 2 saturated heterocycles. The molecule has 2 aliphatic heterocycles. The maximum atomic E-state index is 11.7. The lowest BCUT2D eigenvalue weighted by Crippen LogP contribution is -2.43. The van der Waals surface area contributed by atoms with Gasteiger partial charge in [0.15, 0.2) is 0 Å². The number of carbonyl (C=O) groups is 1. The number of fused-ring (bicyclic) bond motifs is 2. The van der Waals surface area contributed by atoms with E-state index in [0.717, 1.165) is 0 Å². The molecule has 0 radical (unpaired) electrons. The Kier molecular flexibility index (Phi) is 2.99. The van der Waals surface area contributed by atoms with Gasteiger partial charge in [-0.15, -0.1) is 10.2 Å². The van der Waals surface area contributed by atoms with Crippen LogP contribution < -0.4 is 5.32 Å². The van der Waals surface area contributed by atoms with Gasteiger partial charge in [-0.1, -0.05) is 0 Å². The number of nitrogens with one attached hydrogen (secondary N) is 2. The molecule has 1 aromatic rings. The van der Waals surface area contributed by atoms with Crippen molar-refractivity contribution in [3.63, 3.8) is 0 Å². The topological polar surface area (TPSA) is 86.8 Å². The molecular weight excluding hydrogens is 232 g/mol. The molecule has 18 heavy (non-hydrogen) atoms. The van der Waals surface area contributed by atoms with E-state index in [-0.39, 0.29) is 11.7 Å². The van der Waals surface area contributed by atoms with Crippen molar-refractivity contribution in [3.8, 4) is 0 Å². The molecule has 7 nitrogen and oxygen atoms in total. The fourth-order valence-electron chi connectivity index (χ4n) is 3.26. The molecule has 0 saturated carbocycles. The van der Waals surface area contributed by atoms with E-state index >= 15 is 0 Å². The van der Waals surface area contributed by atoms with Crippen LogP contribution in [0.5, 0.6) is 0 Å². The van der Waals surface area contributed by atoms with Crippen molar-refractivity contribution >= 4 is 5.91 Å². The van der Waals surface area contributed by atoms with Crippen molar-refractivity contribution in [1.82, 2.24) is 30.8 Å². The molecule has 2 unspecified atom stereocenters. The predicted octanol–water partition coefficient (Wildman–Crippen LogP) is -0.198. The summed E-state index contributed by atoms with van der Waals surface area (Å²) in [6, 6.07) is 1.41. The van der Waals surface area contributed by atoms with Gasteiger partial charge in [-0.2, -0.15) is 5.21 Å². The Morgan fingerprint density at radius 1 is 1.44 bits per heavy atom. The molecule has 0 aromatic carbocycles. The first-order valence-electron chi connectivity index (χ1n) is 6.47. The first kappa shape index (κ1) is 11.6. The maximum absolute atomic E-state index is 11.7. The minimum Gasteiger partial charge on any atom is -0.349 e. The van der Waals surface area contributed by atoms with Gasteiger partial charge in [0.25, 0.3) is 11.7 Å². The van der Waals surface area contributed by atoms with Crippen LogP contribution in [0.3, 0.4) is 0 Å². The number of aromatic amines is 1. The van der Waals surface area contributed by atoms with E-state index in [1.165, 1.54) is 25.7 Å². The average molecular weight is 250 g/mol. The van der Waals surface area contributed by atoms with Crippen LogP contribution in [-0.2, 0) is 0 Å². The Morgan fingerprint density at radius 2 is 2.17 bits per heavy atom. The summed E-state index contributed by atoms with van der Waals surface area (Å²) in [4.78, 5) is 14.2. The van der Waals surface area contributed by atoms with Gasteiger partial charge in [0.05, 0.1) is 0 Å². The highest BCUT2D eigenvalue weighted by molar-refractivity contribution is 5.89. The normalized spacial score (nSPS) is 31.5. The maximum Gasteiger partial charge on any atom is 0.292 e. The number of hydrogen-bond acceptors (Lipinski definition) is 5. The molecule has 1 amide bonds. The van der Waals surface area contributed by atoms with Gasteiger partial charge < -0.3 is 10.2 Å². The van der Waals surface area contributed by atoms with Crippen LogP contribution in [0.25, 0.3) is 0 Å². The highest BCUT2D eigenvalue weighted by atomic mass is 16.2. The van der Waals surface area contributed by atoms with Gasteiger partial charge in [0.1, 0.15) is 0 Å². The molecular formula is C11H18N6O. The van der Waals surface area contributed by atoms with Crippen molar-refractivity contribution in [2.24, 2.45) is 5.92 Å². The summed E-state index contributed by atoms with van der Waals surface area (Å²) in [5.41, 5.74) is 0. The smallest absolute Gasteiger partial charge is 0.292 e. The average Bonchev–Trinajstić information content (AvgIpc) is 2.94. The van der Waals surface area contributed by atoms with Gasteiger partial charge in [0, 0.05) is 18.6 Å². The Bertz CT molecular complexity index is 405. The number of tetrazole rings is 1. The molecule has 0 spiro atoms. The minimum absolute atomic E-state index is 0.117. The fraction of sp³-hybridized carbons (Fsp3) is 0.818. The van der Waals surface area contributed by atoms with Crippen LogP contribution in [0, 0.1) is 5.92 Å². The number of carbonyl (C=O) groups excluding carboxylic acids is 1. The standard InChI is InChI=1S/C11H18N6O/c1-17-8-2-3-9(17)5-7(4-8)6-12-11(18)10-13-15-16-14-10/h7-9H,2-6H2,1H3,(H,12,18)(H,13,14,15,16). The molecule has 2 N–H and O–H groups in total. The van der Waals surface area contributed by atoms with Crippen molar-refractivity contribution in [1.29, 1.82) is 0 Å². The summed E-state index contributed by atoms with van der Waals surface area (Å²) in [6.45, 7) is 0.716. The van der Waals surface area contributed by atoms with Gasteiger partial charge >= 0.3 is 0 Å². The highest BCUT2D eigenvalue weighted by Crippen LogP contribution is 2.36. The molecule has 7 heteroatoms. The first-order valence-corrected chi connectivity index (χ1v) is 6.47. The highest BCUT2D eigenvalue weighted by Gasteiger charge is 2.38. The minimum atomic E-state index is -0.241. The summed E-state index contributed by atoms with van der Waals surface area (Å²) < 4.78 is 0. The number of aromatic nitrogens is 4. The zero-order valence-electron chi connectivity index (χ0n) is 10.5. The molecule has 98 valence electrons. The third kappa shape index (κ3) is 2.10. The quantitative estimate of drug-likeness (QED) is 0.776. The molecule has 2 atom stereocenters. The van der Waals surface area contributed by atoms with Crippen molar-refractivity contribution in [2.45, 2.75) is 37.8 Å². The van der Waals surface area contributed by atoms with Crippen LogP contribution in [0.15, 0.2) is 0 Å². The van der Waals surface area contributed by atoms with Crippen molar-refractivity contribution < 1.29 is 4.79 Å². The lowest BCUT2D eigenvalue weighted by molar-refractivity contribution is 0.0907.